The Morgan fingerprint density at radius 1 is 1.05 bits per heavy atom. The van der Waals surface area contributed by atoms with Crippen LogP contribution in [0.2, 0.25) is 5.02 Å². The summed E-state index contributed by atoms with van der Waals surface area (Å²) in [5, 5.41) is 7.34. The largest absolute Gasteiger partial charge is 0.346 e. The lowest BCUT2D eigenvalue weighted by Crippen LogP contribution is -2.60. The van der Waals surface area contributed by atoms with Crippen molar-refractivity contribution >= 4 is 29.5 Å². The highest BCUT2D eigenvalue weighted by Crippen LogP contribution is 2.28. The number of nitrogens with zero attached hydrogens (tertiary/aromatic N) is 1. The Kier molecular flexibility index (Phi) is 10.2. The summed E-state index contributed by atoms with van der Waals surface area (Å²) in [6, 6.07) is 27.4. The monoisotopic (exact) mass is 558 g/mol. The molecule has 0 radical (unpaired) electrons. The van der Waals surface area contributed by atoms with E-state index in [4.69, 9.17) is 17.3 Å². The van der Waals surface area contributed by atoms with Gasteiger partial charge in [0, 0.05) is 36.1 Å². The summed E-state index contributed by atoms with van der Waals surface area (Å²) in [7, 11) is 0. The number of nitrogens with one attached hydrogen (secondary N) is 2. The first-order chi connectivity index (χ1) is 19.3. The highest BCUT2D eigenvalue weighted by molar-refractivity contribution is 6.30. The molecule has 6 nitrogen and oxygen atoms in total. The van der Waals surface area contributed by atoms with E-state index in [1.165, 1.54) is 17.2 Å². The van der Waals surface area contributed by atoms with Crippen LogP contribution in [0.1, 0.15) is 49.3 Å². The zero-order valence-corrected chi connectivity index (χ0v) is 24.0. The number of nitrogens with two attached hydrogens (primary N) is 1. The molecule has 2 atom stereocenters. The summed E-state index contributed by atoms with van der Waals surface area (Å²) in [6.45, 7) is 5.53. The lowest BCUT2D eigenvalue weighted by atomic mass is 9.90. The molecule has 40 heavy (non-hydrogen) atoms. The molecule has 4 N–H and O–H groups in total. The summed E-state index contributed by atoms with van der Waals surface area (Å²) in [5.41, 5.74) is 8.57. The number of carbonyl (C=O) groups excluding carboxylic acids is 2. The quantitative estimate of drug-likeness (QED) is 0.306. The van der Waals surface area contributed by atoms with Crippen LogP contribution >= 0.6 is 11.6 Å². The van der Waals surface area contributed by atoms with E-state index in [1.54, 1.807) is 18.2 Å². The summed E-state index contributed by atoms with van der Waals surface area (Å²) in [6.07, 6.45) is 4.50. The van der Waals surface area contributed by atoms with Crippen LogP contribution in [0, 0.1) is 0 Å². The minimum absolute atomic E-state index is 0.0483. The number of hydrogen-bond acceptors (Lipinski definition) is 4. The van der Waals surface area contributed by atoms with Crippen molar-refractivity contribution in [2.75, 3.05) is 19.6 Å². The van der Waals surface area contributed by atoms with Gasteiger partial charge in [-0.15, -0.1) is 0 Å². The van der Waals surface area contributed by atoms with Crippen LogP contribution in [-0.4, -0.2) is 54.0 Å². The Labute approximate surface area is 242 Å². The predicted octanol–water partition coefficient (Wildman–Crippen LogP) is 4.99. The van der Waals surface area contributed by atoms with Gasteiger partial charge in [0.05, 0.1) is 11.6 Å². The minimum atomic E-state index is -0.608. The van der Waals surface area contributed by atoms with Crippen LogP contribution in [0.3, 0.4) is 0 Å². The van der Waals surface area contributed by atoms with Crippen LogP contribution in [0.15, 0.2) is 91.0 Å². The molecule has 0 spiro atoms. The van der Waals surface area contributed by atoms with Gasteiger partial charge in [0.2, 0.25) is 11.8 Å². The van der Waals surface area contributed by atoms with Gasteiger partial charge in [-0.2, -0.15) is 0 Å². The molecule has 1 fully saturated rings. The fourth-order valence-electron chi connectivity index (χ4n) is 5.32. The summed E-state index contributed by atoms with van der Waals surface area (Å²) in [5.74, 6) is -0.0977. The van der Waals surface area contributed by atoms with E-state index < -0.39 is 11.6 Å². The van der Waals surface area contributed by atoms with Crippen LogP contribution < -0.4 is 16.4 Å². The van der Waals surface area contributed by atoms with Crippen molar-refractivity contribution in [1.29, 1.82) is 0 Å². The second-order valence-electron chi connectivity index (χ2n) is 10.9. The molecule has 0 aromatic heterocycles. The van der Waals surface area contributed by atoms with Gasteiger partial charge < -0.3 is 21.3 Å². The van der Waals surface area contributed by atoms with Gasteiger partial charge in [0.25, 0.3) is 0 Å². The van der Waals surface area contributed by atoms with Crippen molar-refractivity contribution in [3.63, 3.8) is 0 Å². The zero-order chi connectivity index (χ0) is 28.5. The molecule has 3 aromatic carbocycles. The number of carbonyl (C=O) groups is 2. The molecule has 4 rings (SSSR count). The maximum atomic E-state index is 13.8. The SMILES string of the molecule is CC(C)(NC(=O)/C=C/c1ccc(Cl)cc1)[C@@H]1CCN(CC(c2ccccc2)c2ccccc2)C(=O)[C@H](CCN)N1. The van der Waals surface area contributed by atoms with Gasteiger partial charge in [-0.25, -0.2) is 0 Å². The molecule has 1 aliphatic heterocycles. The maximum absolute atomic E-state index is 13.8. The van der Waals surface area contributed by atoms with Gasteiger partial charge in [-0.05, 0) is 68.1 Å². The van der Waals surface area contributed by atoms with Crippen molar-refractivity contribution in [3.8, 4) is 0 Å². The predicted molar refractivity (Wildman–Crippen MR) is 163 cm³/mol. The molecule has 7 heteroatoms. The Hall–Kier alpha value is -3.45. The maximum Gasteiger partial charge on any atom is 0.244 e. The summed E-state index contributed by atoms with van der Waals surface area (Å²) >= 11 is 5.96. The van der Waals surface area contributed by atoms with Crippen molar-refractivity contribution in [2.24, 2.45) is 5.73 Å². The van der Waals surface area contributed by atoms with E-state index in [1.807, 2.05) is 67.3 Å². The third-order valence-electron chi connectivity index (χ3n) is 7.58. The van der Waals surface area contributed by atoms with Gasteiger partial charge in [-0.1, -0.05) is 84.4 Å². The number of rotatable bonds is 10. The van der Waals surface area contributed by atoms with Crippen molar-refractivity contribution < 1.29 is 9.59 Å². The van der Waals surface area contributed by atoms with E-state index in [9.17, 15) is 9.59 Å². The summed E-state index contributed by atoms with van der Waals surface area (Å²) < 4.78 is 0. The topological polar surface area (TPSA) is 87.5 Å². The number of halogens is 1. The molecule has 3 aromatic rings. The van der Waals surface area contributed by atoms with Gasteiger partial charge >= 0.3 is 0 Å². The molecule has 1 aliphatic rings. The Morgan fingerprint density at radius 3 is 2.23 bits per heavy atom. The van der Waals surface area contributed by atoms with Gasteiger partial charge in [0.15, 0.2) is 0 Å². The van der Waals surface area contributed by atoms with Crippen molar-refractivity contribution in [1.82, 2.24) is 15.5 Å². The lowest BCUT2D eigenvalue weighted by Gasteiger charge is -2.36. The Bertz CT molecular complexity index is 1240. The van der Waals surface area contributed by atoms with E-state index in [0.717, 1.165) is 5.56 Å². The molecule has 0 saturated carbocycles. The first-order valence-corrected chi connectivity index (χ1v) is 14.2. The third kappa shape index (κ3) is 7.81. The highest BCUT2D eigenvalue weighted by atomic mass is 35.5. The van der Waals surface area contributed by atoms with Gasteiger partial charge in [0.1, 0.15) is 0 Å². The van der Waals surface area contributed by atoms with E-state index >= 15 is 0 Å². The highest BCUT2D eigenvalue weighted by Gasteiger charge is 2.38. The molecule has 1 heterocycles. The lowest BCUT2D eigenvalue weighted by molar-refractivity contribution is -0.133. The number of benzene rings is 3. The third-order valence-corrected chi connectivity index (χ3v) is 7.83. The Balaban J connectivity index is 1.50. The average molecular weight is 559 g/mol. The first kappa shape index (κ1) is 29.5. The fourth-order valence-corrected chi connectivity index (χ4v) is 5.45. The second-order valence-corrected chi connectivity index (χ2v) is 11.3. The van der Waals surface area contributed by atoms with Crippen LogP contribution in [0.4, 0.5) is 0 Å². The van der Waals surface area contributed by atoms with Crippen LogP contribution in [-0.2, 0) is 9.59 Å². The molecular formula is C33H39ClN4O2. The summed E-state index contributed by atoms with van der Waals surface area (Å²) in [4.78, 5) is 28.7. The van der Waals surface area contributed by atoms with Crippen LogP contribution in [0.5, 0.6) is 0 Å². The molecule has 210 valence electrons. The molecule has 0 bridgehead atoms. The number of hydrogen-bond donors (Lipinski definition) is 3. The van der Waals surface area contributed by atoms with Crippen molar-refractivity contribution in [2.45, 2.75) is 50.2 Å². The molecule has 0 aliphatic carbocycles. The van der Waals surface area contributed by atoms with E-state index in [2.05, 4.69) is 34.9 Å². The van der Waals surface area contributed by atoms with E-state index in [0.29, 0.717) is 37.5 Å². The smallest absolute Gasteiger partial charge is 0.244 e. The molecule has 0 unspecified atom stereocenters. The fraction of sp³-hybridized carbons (Fsp3) is 0.333. The number of amides is 2. The first-order valence-electron chi connectivity index (χ1n) is 13.9. The Morgan fingerprint density at radius 2 is 1.65 bits per heavy atom. The molecule has 2 amide bonds. The van der Waals surface area contributed by atoms with E-state index in [-0.39, 0.29) is 23.8 Å². The average Bonchev–Trinajstić information content (AvgIpc) is 3.11. The van der Waals surface area contributed by atoms with Crippen molar-refractivity contribution in [3.05, 3.63) is 113 Å². The van der Waals surface area contributed by atoms with Gasteiger partial charge in [-0.3, -0.25) is 9.59 Å². The molecular weight excluding hydrogens is 520 g/mol. The molecule has 1 saturated heterocycles. The standard InChI is InChI=1S/C33H39ClN4O2/c1-33(2,37-31(39)18-15-24-13-16-27(34)17-14-24)30-20-22-38(32(40)29(36-30)19-21-35)23-28(25-9-5-3-6-10-25)26-11-7-4-8-12-26/h3-18,28-30,36H,19-23,35H2,1-2H3,(H,37,39)/b18-15+/t29-,30-/m0/s1. The zero-order valence-electron chi connectivity index (χ0n) is 23.2. The minimum Gasteiger partial charge on any atom is -0.346 e. The normalized spacial score (nSPS) is 18.2. The van der Waals surface area contributed by atoms with Crippen LogP contribution in [0.25, 0.3) is 6.08 Å². The second kappa shape index (κ2) is 13.8.